The smallest absolute Gasteiger partial charge is 0.384 e. The fourth-order valence-electron chi connectivity index (χ4n) is 13.0. The maximum atomic E-state index is 8.88. The molecule has 0 radical (unpaired) electrons. The number of fused-ring (bicyclic) bond motifs is 6. The number of anilines is 3. The molecular formula is C78H126Cl3N9O8P2. The predicted octanol–water partition coefficient (Wildman–Crippen LogP) is 19.0. The molecule has 3 aliphatic carbocycles. The number of nitrogens with zero attached hydrogens (tertiary/aromatic N) is 6. The average molecular weight is 1490 g/mol. The van der Waals surface area contributed by atoms with Gasteiger partial charge in [0.05, 0.1) is 16.6 Å². The van der Waals surface area contributed by atoms with Crippen LogP contribution < -0.4 is 16.0 Å². The van der Waals surface area contributed by atoms with Crippen LogP contribution in [0.1, 0.15) is 213 Å². The predicted molar refractivity (Wildman–Crippen MR) is 424 cm³/mol. The van der Waals surface area contributed by atoms with E-state index in [1.54, 1.807) is 0 Å². The summed E-state index contributed by atoms with van der Waals surface area (Å²) in [6.07, 6.45) is 25.4. The summed E-state index contributed by atoms with van der Waals surface area (Å²) in [5, 5.41) is 17.3. The molecule has 0 saturated heterocycles. The number of pyridine rings is 3. The number of hydrogen-bond acceptors (Lipinski definition) is 11. The summed E-state index contributed by atoms with van der Waals surface area (Å²) in [5.74, 6) is 4.61. The van der Waals surface area contributed by atoms with Crippen LogP contribution in [-0.4, -0.2) is 138 Å². The molecule has 3 aromatic carbocycles. The summed E-state index contributed by atoms with van der Waals surface area (Å²) >= 11 is 19.0. The van der Waals surface area contributed by atoms with E-state index in [9.17, 15) is 0 Å². The fourth-order valence-corrected chi connectivity index (χ4v) is 13.5. The van der Waals surface area contributed by atoms with Gasteiger partial charge in [-0.05, 0) is 301 Å². The molecule has 9 rings (SSSR count). The van der Waals surface area contributed by atoms with Crippen LogP contribution in [0.4, 0.5) is 17.1 Å². The quantitative estimate of drug-likeness (QED) is 0.0137. The van der Waals surface area contributed by atoms with Crippen molar-refractivity contribution < 1.29 is 38.5 Å². The summed E-state index contributed by atoms with van der Waals surface area (Å²) in [7, 11) is -9.28. The average Bonchev–Trinajstić information content (AvgIpc) is 0.791. The molecule has 9 N–H and O–H groups in total. The zero-order valence-electron chi connectivity index (χ0n) is 62.7. The molecule has 0 bridgehead atoms. The van der Waals surface area contributed by atoms with Crippen molar-refractivity contribution >= 4 is 100 Å². The molecule has 0 spiro atoms. The van der Waals surface area contributed by atoms with Gasteiger partial charge in [-0.15, -0.1) is 0 Å². The van der Waals surface area contributed by atoms with E-state index in [0.717, 1.165) is 145 Å². The molecule has 6 aromatic rings. The van der Waals surface area contributed by atoms with Gasteiger partial charge in [-0.25, -0.2) is 9.13 Å². The van der Waals surface area contributed by atoms with Gasteiger partial charge >= 0.3 is 15.6 Å². The second-order valence-corrected chi connectivity index (χ2v) is 33.7. The lowest BCUT2D eigenvalue weighted by Gasteiger charge is -2.25. The summed E-state index contributed by atoms with van der Waals surface area (Å²) in [4.78, 5) is 66.0. The standard InChI is InChI=1S/3C26H40ClN3.2H3O4P/c3*1-19(2)12-16-30(17-13-20(3)4)15-7-14-28-26-22-8-5-6-9-24(22)29-25-11-10-21(27)18-23(25)26;2*1-5(2,3)4/h3*10-11,18-20H,5-9,12-17H2,1-4H3,(H,28,29);2*(H3,1,2,3,4). The van der Waals surface area contributed by atoms with Gasteiger partial charge in [-0.1, -0.05) is 118 Å². The highest BCUT2D eigenvalue weighted by molar-refractivity contribution is 7.45. The minimum Gasteiger partial charge on any atom is -0.384 e. The Morgan fingerprint density at radius 1 is 0.360 bits per heavy atom. The topological polar surface area (TPSA) is 240 Å². The largest absolute Gasteiger partial charge is 0.466 e. The molecule has 22 heteroatoms. The van der Waals surface area contributed by atoms with Crippen molar-refractivity contribution in [1.82, 2.24) is 29.7 Å². The highest BCUT2D eigenvalue weighted by Gasteiger charge is 2.23. The Bertz CT molecular complexity index is 3100. The summed E-state index contributed by atoms with van der Waals surface area (Å²) < 4.78 is 17.8. The van der Waals surface area contributed by atoms with Gasteiger partial charge in [0.25, 0.3) is 0 Å². The van der Waals surface area contributed by atoms with Crippen LogP contribution in [-0.2, 0) is 47.7 Å². The second kappa shape index (κ2) is 44.9. The highest BCUT2D eigenvalue weighted by atomic mass is 35.5. The third-order valence-corrected chi connectivity index (χ3v) is 19.4. The molecule has 100 heavy (non-hydrogen) atoms. The Morgan fingerprint density at radius 2 is 0.570 bits per heavy atom. The van der Waals surface area contributed by atoms with Crippen molar-refractivity contribution in [3.05, 3.63) is 103 Å². The number of nitrogens with one attached hydrogen (secondary N) is 3. The maximum Gasteiger partial charge on any atom is 0.466 e. The van der Waals surface area contributed by atoms with Crippen molar-refractivity contribution in [1.29, 1.82) is 0 Å². The number of rotatable bonds is 33. The molecule has 0 saturated carbocycles. The van der Waals surface area contributed by atoms with Crippen LogP contribution in [0.15, 0.2) is 54.6 Å². The maximum absolute atomic E-state index is 8.88. The van der Waals surface area contributed by atoms with Crippen molar-refractivity contribution in [3.63, 3.8) is 0 Å². The molecule has 3 aromatic heterocycles. The number of phosphoric acid groups is 2. The Kier molecular flexibility index (Phi) is 39.0. The van der Waals surface area contributed by atoms with Gasteiger partial charge in [-0.3, -0.25) is 15.0 Å². The number of benzene rings is 3. The van der Waals surface area contributed by atoms with Crippen LogP contribution in [0, 0.1) is 35.5 Å². The number of aryl methyl sites for hydroxylation is 3. The van der Waals surface area contributed by atoms with E-state index >= 15 is 0 Å². The van der Waals surface area contributed by atoms with Gasteiger partial charge in [0.2, 0.25) is 0 Å². The zero-order chi connectivity index (χ0) is 73.5. The molecule has 3 heterocycles. The van der Waals surface area contributed by atoms with Gasteiger partial charge in [-0.2, -0.15) is 0 Å². The number of aromatic nitrogens is 3. The Balaban J connectivity index is 0.000000252. The first-order chi connectivity index (χ1) is 47.3. The third kappa shape index (κ3) is 34.0. The van der Waals surface area contributed by atoms with Gasteiger partial charge in [0.1, 0.15) is 0 Å². The molecular weight excluding hydrogens is 1360 g/mol. The Labute approximate surface area is 616 Å². The minimum absolute atomic E-state index is 0.768. The lowest BCUT2D eigenvalue weighted by molar-refractivity contribution is 0.243. The minimum atomic E-state index is -4.64. The summed E-state index contributed by atoms with van der Waals surface area (Å²) in [5.41, 5.74) is 15.2. The van der Waals surface area contributed by atoms with Crippen LogP contribution in [0.2, 0.25) is 15.1 Å². The normalized spacial score (nSPS) is 13.9. The van der Waals surface area contributed by atoms with E-state index < -0.39 is 15.6 Å². The van der Waals surface area contributed by atoms with Crippen LogP contribution in [0.5, 0.6) is 0 Å². The molecule has 0 aliphatic heterocycles. The summed E-state index contributed by atoms with van der Waals surface area (Å²) in [6, 6.07) is 18.3. The van der Waals surface area contributed by atoms with Crippen LogP contribution >= 0.6 is 50.4 Å². The molecule has 3 aliphatic rings. The van der Waals surface area contributed by atoms with Gasteiger partial charge in [0.15, 0.2) is 0 Å². The third-order valence-electron chi connectivity index (χ3n) is 18.7. The monoisotopic (exact) mass is 1480 g/mol. The first-order valence-corrected chi connectivity index (χ1v) is 41.9. The Morgan fingerprint density at radius 3 is 0.780 bits per heavy atom. The number of hydrogen-bond donors (Lipinski definition) is 9. The lowest BCUT2D eigenvalue weighted by atomic mass is 9.92. The van der Waals surface area contributed by atoms with E-state index in [0.29, 0.717) is 0 Å². The highest BCUT2D eigenvalue weighted by Crippen LogP contribution is 2.38. The molecule has 0 unspecified atom stereocenters. The zero-order valence-corrected chi connectivity index (χ0v) is 66.8. The first kappa shape index (κ1) is 86.9. The lowest BCUT2D eigenvalue weighted by Crippen LogP contribution is -2.30. The SMILES string of the molecule is CC(C)CCN(CCCNc1c2c(nc3ccc(Cl)cc13)CCCC2)CCC(C)C.CC(C)CCN(CCCNc1c2c(nc3ccc(Cl)cc13)CCCC2)CCC(C)C.CC(C)CCN(CCCNc1c2c(nc3ccc(Cl)cc13)CCCC2)CCC(C)C.O=P(O)(O)O.O=P(O)(O)O. The Hall–Kier alpha value is -3.74. The van der Waals surface area contributed by atoms with Crippen LogP contribution in [0.3, 0.4) is 0 Å². The molecule has 562 valence electrons. The molecule has 17 nitrogen and oxygen atoms in total. The molecule has 0 fully saturated rings. The van der Waals surface area contributed by atoms with Gasteiger partial charge < -0.3 is 60.0 Å². The van der Waals surface area contributed by atoms with Crippen molar-refractivity contribution in [3.8, 4) is 0 Å². The van der Waals surface area contributed by atoms with Crippen molar-refractivity contribution in [2.24, 2.45) is 35.5 Å². The van der Waals surface area contributed by atoms with E-state index in [-0.39, 0.29) is 0 Å². The van der Waals surface area contributed by atoms with Gasteiger partial charge in [0, 0.05) is 85.0 Å². The van der Waals surface area contributed by atoms with E-state index in [2.05, 4.69) is 150 Å². The van der Waals surface area contributed by atoms with Crippen LogP contribution in [0.25, 0.3) is 32.7 Å². The van der Waals surface area contributed by atoms with Crippen molar-refractivity contribution in [2.75, 3.05) is 94.5 Å². The number of halogens is 3. The van der Waals surface area contributed by atoms with Crippen molar-refractivity contribution in [2.45, 2.75) is 218 Å². The molecule has 0 amide bonds. The first-order valence-electron chi connectivity index (χ1n) is 37.6. The molecule has 0 atom stereocenters. The van der Waals surface area contributed by atoms with E-state index in [4.69, 9.17) is 88.2 Å². The fraction of sp³-hybridized carbons (Fsp3) is 0.654. The van der Waals surface area contributed by atoms with E-state index in [1.807, 2.05) is 18.2 Å². The summed E-state index contributed by atoms with van der Waals surface area (Å²) in [6.45, 7) is 41.7. The van der Waals surface area contributed by atoms with E-state index in [1.165, 1.54) is 203 Å². The second-order valence-electron chi connectivity index (χ2n) is 30.3.